The molecule has 114 valence electrons. The summed E-state index contributed by atoms with van der Waals surface area (Å²) in [6.07, 6.45) is -4.61. The van der Waals surface area contributed by atoms with Crippen LogP contribution in [0.1, 0.15) is 5.56 Å². The maximum Gasteiger partial charge on any atom is 0.416 e. The summed E-state index contributed by atoms with van der Waals surface area (Å²) in [4.78, 5) is 31.5. The van der Waals surface area contributed by atoms with Crippen LogP contribution in [0.4, 0.5) is 13.2 Å². The average Bonchev–Trinajstić information content (AvgIpc) is 2.22. The minimum atomic E-state index is -5.34. The highest BCUT2D eigenvalue weighted by molar-refractivity contribution is 7.98. The Morgan fingerprint density at radius 1 is 1.20 bits per heavy atom. The van der Waals surface area contributed by atoms with Crippen LogP contribution in [0.3, 0.4) is 0 Å². The van der Waals surface area contributed by atoms with Crippen LogP contribution in [0, 0.1) is 0 Å². The maximum atomic E-state index is 12.4. The molecule has 0 bridgehead atoms. The van der Waals surface area contributed by atoms with E-state index >= 15 is 0 Å². The van der Waals surface area contributed by atoms with Crippen molar-refractivity contribution in [3.05, 3.63) is 29.8 Å². The molecule has 6 nitrogen and oxygen atoms in total. The lowest BCUT2D eigenvalue weighted by molar-refractivity contribution is -0.312. The molecule has 1 aromatic rings. The van der Waals surface area contributed by atoms with Crippen LogP contribution in [-0.2, 0) is 19.3 Å². The molecular formula is C8H6F3O6P2S-3. The fraction of sp³-hybridized carbons (Fsp3) is 0.250. The molecule has 12 heteroatoms. The Morgan fingerprint density at radius 2 is 1.80 bits per heavy atom. The highest BCUT2D eigenvalue weighted by atomic mass is 32.2. The zero-order valence-electron chi connectivity index (χ0n) is 9.40. The minimum Gasteiger partial charge on any atom is -0.810 e. The van der Waals surface area contributed by atoms with Crippen LogP contribution in [0.5, 0.6) is 0 Å². The molecule has 1 unspecified atom stereocenters. The molecule has 0 saturated heterocycles. The van der Waals surface area contributed by atoms with Crippen molar-refractivity contribution < 1.29 is 41.0 Å². The first-order valence-electron chi connectivity index (χ1n) is 4.74. The smallest absolute Gasteiger partial charge is 0.416 e. The Labute approximate surface area is 115 Å². The van der Waals surface area contributed by atoms with Gasteiger partial charge in [0, 0.05) is 22.8 Å². The van der Waals surface area contributed by atoms with Gasteiger partial charge in [-0.05, 0) is 18.2 Å². The summed E-state index contributed by atoms with van der Waals surface area (Å²) < 4.78 is 62.7. The molecule has 0 aliphatic carbocycles. The van der Waals surface area contributed by atoms with Gasteiger partial charge in [0.15, 0.2) is 7.60 Å². The van der Waals surface area contributed by atoms with Gasteiger partial charge in [-0.2, -0.15) is 13.2 Å². The van der Waals surface area contributed by atoms with Gasteiger partial charge in [-0.1, -0.05) is 13.7 Å². The van der Waals surface area contributed by atoms with Gasteiger partial charge in [0.25, 0.3) is 0 Å². The summed E-state index contributed by atoms with van der Waals surface area (Å²) in [5.41, 5.74) is -1.02. The van der Waals surface area contributed by atoms with Gasteiger partial charge in [0.2, 0.25) is 0 Å². The number of hydrogen-bond donors (Lipinski definition) is 0. The van der Waals surface area contributed by atoms with Gasteiger partial charge in [-0.15, -0.1) is 0 Å². The van der Waals surface area contributed by atoms with Gasteiger partial charge in [-0.25, -0.2) is 0 Å². The van der Waals surface area contributed by atoms with Crippen molar-refractivity contribution in [3.63, 3.8) is 0 Å². The molecule has 0 radical (unpaired) electrons. The van der Waals surface area contributed by atoms with E-state index in [4.69, 9.17) is 0 Å². The second kappa shape index (κ2) is 6.19. The van der Waals surface area contributed by atoms with Crippen molar-refractivity contribution in [1.29, 1.82) is 0 Å². The lowest BCUT2D eigenvalue weighted by atomic mass is 10.2. The van der Waals surface area contributed by atoms with Crippen molar-refractivity contribution >= 4 is 27.2 Å². The minimum absolute atomic E-state index is 0.0238. The van der Waals surface area contributed by atoms with Crippen molar-refractivity contribution in [1.82, 2.24) is 0 Å². The standard InChI is InChI=1S/C8H9F3O6P2S/c9-8(10,11)6-2-1-3-7(4-6)20-17-19(15,16)5-18(12,13)14/h1-4H,5H2,(H,15,16)(H2,12,13,14)/p-3. The molecule has 0 heterocycles. The third kappa shape index (κ3) is 6.41. The predicted molar refractivity (Wildman–Crippen MR) is 58.5 cm³/mol. The first-order chi connectivity index (χ1) is 8.89. The van der Waals surface area contributed by atoms with E-state index in [1.54, 1.807) is 0 Å². The Balaban J connectivity index is 2.76. The number of rotatable bonds is 5. The first-order valence-corrected chi connectivity index (χ1v) is 8.93. The summed E-state index contributed by atoms with van der Waals surface area (Å²) in [5, 5.41) is 0. The van der Waals surface area contributed by atoms with Crippen LogP contribution in [0.2, 0.25) is 0 Å². The zero-order chi connectivity index (χ0) is 15.6. The van der Waals surface area contributed by atoms with Crippen LogP contribution in [0.15, 0.2) is 29.2 Å². The lowest BCUT2D eigenvalue weighted by Crippen LogP contribution is -2.20. The van der Waals surface area contributed by atoms with Gasteiger partial charge < -0.3 is 23.8 Å². The second-order valence-corrected chi connectivity index (χ2v) is 8.36. The summed E-state index contributed by atoms with van der Waals surface area (Å²) >= 11 is 0.0238. The molecule has 1 aromatic carbocycles. The molecule has 1 atom stereocenters. The zero-order valence-corrected chi connectivity index (χ0v) is 12.0. The van der Waals surface area contributed by atoms with Gasteiger partial charge >= 0.3 is 6.18 Å². The van der Waals surface area contributed by atoms with Crippen LogP contribution < -0.4 is 14.7 Å². The number of hydrogen-bond acceptors (Lipinski definition) is 7. The van der Waals surface area contributed by atoms with E-state index in [9.17, 15) is 37.0 Å². The monoisotopic (exact) mass is 349 g/mol. The summed E-state index contributed by atoms with van der Waals surface area (Å²) in [6, 6.07) is 3.55. The molecular weight excluding hydrogens is 343 g/mol. The predicted octanol–water partition coefficient (Wildman–Crippen LogP) is 1.15. The maximum absolute atomic E-state index is 12.4. The highest BCUT2D eigenvalue weighted by Gasteiger charge is 2.30. The largest absolute Gasteiger partial charge is 0.810 e. The third-order valence-corrected chi connectivity index (χ3v) is 6.18. The summed E-state index contributed by atoms with van der Waals surface area (Å²) in [5.74, 6) is -1.74. The molecule has 0 N–H and O–H groups in total. The topological polar surface area (TPSA) is 113 Å². The van der Waals surface area contributed by atoms with Crippen molar-refractivity contribution in [2.45, 2.75) is 11.1 Å². The quantitative estimate of drug-likeness (QED) is 0.579. The fourth-order valence-corrected chi connectivity index (χ4v) is 4.48. The molecule has 0 amide bonds. The van der Waals surface area contributed by atoms with E-state index < -0.39 is 32.8 Å². The molecule has 1 rings (SSSR count). The van der Waals surface area contributed by atoms with Gasteiger partial charge in [-0.3, -0.25) is 3.97 Å². The molecule has 0 aliphatic heterocycles. The van der Waals surface area contributed by atoms with E-state index in [2.05, 4.69) is 3.97 Å². The molecule has 0 fully saturated rings. The number of halogens is 3. The van der Waals surface area contributed by atoms with Crippen molar-refractivity contribution in [2.75, 3.05) is 5.90 Å². The number of alkyl halides is 3. The number of benzene rings is 1. The third-order valence-electron chi connectivity index (χ3n) is 1.75. The van der Waals surface area contributed by atoms with E-state index in [0.717, 1.165) is 18.2 Å². The summed E-state index contributed by atoms with van der Waals surface area (Å²) in [6.45, 7) is 0. The highest BCUT2D eigenvalue weighted by Crippen LogP contribution is 2.52. The van der Waals surface area contributed by atoms with E-state index in [1.165, 1.54) is 0 Å². The van der Waals surface area contributed by atoms with Crippen molar-refractivity contribution in [3.8, 4) is 0 Å². The van der Waals surface area contributed by atoms with Crippen LogP contribution in [-0.4, -0.2) is 5.90 Å². The van der Waals surface area contributed by atoms with Gasteiger partial charge in [0.05, 0.1) is 5.56 Å². The normalized spacial score (nSPS) is 15.9. The SMILES string of the molecule is O=P([O-])([O-])CP(=O)([O-])OSc1cccc(C(F)(F)F)c1. The van der Waals surface area contributed by atoms with E-state index in [0.29, 0.717) is 6.07 Å². The molecule has 20 heavy (non-hydrogen) atoms. The average molecular weight is 349 g/mol. The molecule has 0 saturated carbocycles. The Hall–Kier alpha value is -0.340. The van der Waals surface area contributed by atoms with Crippen molar-refractivity contribution in [2.24, 2.45) is 0 Å². The molecule has 0 aromatic heterocycles. The van der Waals surface area contributed by atoms with Crippen LogP contribution >= 0.6 is 27.2 Å². The molecule has 0 spiro atoms. The lowest BCUT2D eigenvalue weighted by Gasteiger charge is -2.35. The Morgan fingerprint density at radius 3 is 2.30 bits per heavy atom. The molecule has 0 aliphatic rings. The fourth-order valence-electron chi connectivity index (χ4n) is 1.06. The summed E-state index contributed by atoms with van der Waals surface area (Å²) in [7, 11) is -10.3. The van der Waals surface area contributed by atoms with E-state index in [-0.39, 0.29) is 16.9 Å². The van der Waals surface area contributed by atoms with Gasteiger partial charge in [0.1, 0.15) is 0 Å². The first kappa shape index (κ1) is 17.7. The second-order valence-electron chi connectivity index (χ2n) is 3.55. The Kier molecular flexibility index (Phi) is 5.48. The Bertz CT molecular complexity index is 572. The van der Waals surface area contributed by atoms with Crippen LogP contribution in [0.25, 0.3) is 0 Å². The van der Waals surface area contributed by atoms with E-state index in [1.807, 2.05) is 0 Å².